The molecule has 1 fully saturated rings. The Labute approximate surface area is 107 Å². The van der Waals surface area contributed by atoms with Gasteiger partial charge in [0.15, 0.2) is 0 Å². The lowest BCUT2D eigenvalue weighted by Gasteiger charge is -2.34. The van der Waals surface area contributed by atoms with Crippen LogP contribution in [0.5, 0.6) is 0 Å². The average molecular weight is 257 g/mol. The van der Waals surface area contributed by atoms with E-state index in [1.54, 1.807) is 12.1 Å². The van der Waals surface area contributed by atoms with Crippen molar-refractivity contribution in [3.05, 3.63) is 39.9 Å². The van der Waals surface area contributed by atoms with Crippen LogP contribution in [0.15, 0.2) is 24.3 Å². The standard InChI is InChI=1S/C12H16N2O2.ClH/c1-12(6-8-13-9-7-12)10-2-4-11(5-3-10)14(15)16;/h2-5,13H,6-9H2,1H3;1H. The first-order valence-corrected chi connectivity index (χ1v) is 5.57. The maximum Gasteiger partial charge on any atom is 0.269 e. The van der Waals surface area contributed by atoms with E-state index in [4.69, 9.17) is 0 Å². The first-order valence-electron chi connectivity index (χ1n) is 5.57. The summed E-state index contributed by atoms with van der Waals surface area (Å²) in [4.78, 5) is 10.2. The summed E-state index contributed by atoms with van der Waals surface area (Å²) in [6.45, 7) is 4.27. The second kappa shape index (κ2) is 5.47. The van der Waals surface area contributed by atoms with Gasteiger partial charge in [0.05, 0.1) is 4.92 Å². The first-order chi connectivity index (χ1) is 7.62. The molecule has 5 heteroatoms. The second-order valence-corrected chi connectivity index (χ2v) is 4.61. The van der Waals surface area contributed by atoms with Gasteiger partial charge in [-0.25, -0.2) is 0 Å². The molecule has 1 N–H and O–H groups in total. The van der Waals surface area contributed by atoms with Crippen molar-refractivity contribution in [1.29, 1.82) is 0 Å². The van der Waals surface area contributed by atoms with Crippen LogP contribution in [0.4, 0.5) is 5.69 Å². The van der Waals surface area contributed by atoms with Crippen LogP contribution in [-0.4, -0.2) is 18.0 Å². The number of piperidine rings is 1. The minimum Gasteiger partial charge on any atom is -0.317 e. The Balaban J connectivity index is 0.00000144. The number of rotatable bonds is 2. The van der Waals surface area contributed by atoms with Gasteiger partial charge in [-0.3, -0.25) is 10.1 Å². The fraction of sp³-hybridized carbons (Fsp3) is 0.500. The van der Waals surface area contributed by atoms with Crippen LogP contribution in [0.2, 0.25) is 0 Å². The lowest BCUT2D eigenvalue weighted by molar-refractivity contribution is -0.384. The summed E-state index contributed by atoms with van der Waals surface area (Å²) < 4.78 is 0. The molecule has 94 valence electrons. The summed E-state index contributed by atoms with van der Waals surface area (Å²) in [6.07, 6.45) is 2.18. The first kappa shape index (κ1) is 13.9. The highest BCUT2D eigenvalue weighted by Crippen LogP contribution is 2.33. The van der Waals surface area contributed by atoms with Gasteiger partial charge in [-0.15, -0.1) is 12.4 Å². The predicted molar refractivity (Wildman–Crippen MR) is 69.8 cm³/mol. The van der Waals surface area contributed by atoms with Crippen LogP contribution in [-0.2, 0) is 5.41 Å². The summed E-state index contributed by atoms with van der Waals surface area (Å²) in [5.74, 6) is 0. The molecule has 1 heterocycles. The van der Waals surface area contributed by atoms with Crippen LogP contribution >= 0.6 is 12.4 Å². The minimum absolute atomic E-state index is 0. The molecule has 0 saturated carbocycles. The van der Waals surface area contributed by atoms with Crippen molar-refractivity contribution in [3.63, 3.8) is 0 Å². The number of benzene rings is 1. The predicted octanol–water partition coefficient (Wildman–Crippen LogP) is 2.66. The van der Waals surface area contributed by atoms with Crippen LogP contribution in [0.1, 0.15) is 25.3 Å². The van der Waals surface area contributed by atoms with Gasteiger partial charge in [-0.2, -0.15) is 0 Å². The van der Waals surface area contributed by atoms with Crippen molar-refractivity contribution in [2.24, 2.45) is 0 Å². The third kappa shape index (κ3) is 2.96. The van der Waals surface area contributed by atoms with Crippen LogP contribution in [0.25, 0.3) is 0 Å². The van der Waals surface area contributed by atoms with Gasteiger partial charge in [0.1, 0.15) is 0 Å². The summed E-state index contributed by atoms with van der Waals surface area (Å²) in [5.41, 5.74) is 1.54. The number of nitro benzene ring substituents is 1. The Hall–Kier alpha value is -1.13. The molecular weight excluding hydrogens is 240 g/mol. The largest absolute Gasteiger partial charge is 0.317 e. The molecule has 1 aliphatic rings. The van der Waals surface area contributed by atoms with Gasteiger partial charge in [0.25, 0.3) is 5.69 Å². The topological polar surface area (TPSA) is 55.2 Å². The van der Waals surface area contributed by atoms with E-state index in [1.165, 1.54) is 5.56 Å². The van der Waals surface area contributed by atoms with E-state index in [0.717, 1.165) is 25.9 Å². The molecule has 1 aliphatic heterocycles. The molecule has 0 atom stereocenters. The third-order valence-electron chi connectivity index (χ3n) is 3.48. The number of nitrogens with one attached hydrogen (secondary N) is 1. The van der Waals surface area contributed by atoms with Crippen LogP contribution in [0.3, 0.4) is 0 Å². The number of hydrogen-bond acceptors (Lipinski definition) is 3. The van der Waals surface area contributed by atoms with Gasteiger partial charge >= 0.3 is 0 Å². The monoisotopic (exact) mass is 256 g/mol. The number of hydrogen-bond donors (Lipinski definition) is 1. The maximum atomic E-state index is 10.6. The van der Waals surface area contributed by atoms with Crippen molar-refractivity contribution < 1.29 is 4.92 Å². The van der Waals surface area contributed by atoms with E-state index in [0.29, 0.717) is 0 Å². The van der Waals surface area contributed by atoms with Crippen molar-refractivity contribution in [2.45, 2.75) is 25.2 Å². The lowest BCUT2D eigenvalue weighted by atomic mass is 9.75. The van der Waals surface area contributed by atoms with Crippen molar-refractivity contribution in [1.82, 2.24) is 5.32 Å². The van der Waals surface area contributed by atoms with Crippen LogP contribution in [0, 0.1) is 10.1 Å². The summed E-state index contributed by atoms with van der Waals surface area (Å²) in [7, 11) is 0. The SMILES string of the molecule is CC1(c2ccc([N+](=O)[O-])cc2)CCNCC1.Cl. The fourth-order valence-electron chi connectivity index (χ4n) is 2.25. The quantitative estimate of drug-likeness (QED) is 0.654. The molecule has 4 nitrogen and oxygen atoms in total. The fourth-order valence-corrected chi connectivity index (χ4v) is 2.25. The molecule has 1 aromatic rings. The van der Waals surface area contributed by atoms with E-state index >= 15 is 0 Å². The minimum atomic E-state index is -0.353. The number of nitrogens with zero attached hydrogens (tertiary/aromatic N) is 1. The molecule has 1 saturated heterocycles. The molecule has 2 rings (SSSR count). The molecule has 0 unspecified atom stereocenters. The molecule has 1 aromatic carbocycles. The zero-order valence-electron chi connectivity index (χ0n) is 9.81. The van der Waals surface area contributed by atoms with E-state index in [9.17, 15) is 10.1 Å². The molecule has 0 amide bonds. The van der Waals surface area contributed by atoms with Gasteiger partial charge in [0.2, 0.25) is 0 Å². The number of nitro groups is 1. The Morgan fingerprint density at radius 1 is 1.24 bits per heavy atom. The summed E-state index contributed by atoms with van der Waals surface area (Å²) >= 11 is 0. The summed E-state index contributed by atoms with van der Waals surface area (Å²) in [6, 6.07) is 6.98. The maximum absolute atomic E-state index is 10.6. The highest BCUT2D eigenvalue weighted by molar-refractivity contribution is 5.85. The van der Waals surface area contributed by atoms with Gasteiger partial charge in [-0.05, 0) is 36.9 Å². The van der Waals surface area contributed by atoms with E-state index < -0.39 is 0 Å². The normalized spacial score (nSPS) is 18.2. The highest BCUT2D eigenvalue weighted by atomic mass is 35.5. The third-order valence-corrected chi connectivity index (χ3v) is 3.48. The molecule has 0 radical (unpaired) electrons. The lowest BCUT2D eigenvalue weighted by Crippen LogP contribution is -2.37. The van der Waals surface area contributed by atoms with E-state index in [2.05, 4.69) is 12.2 Å². The van der Waals surface area contributed by atoms with Crippen molar-refractivity contribution >= 4 is 18.1 Å². The van der Waals surface area contributed by atoms with Crippen molar-refractivity contribution in [3.8, 4) is 0 Å². The molecule has 0 bridgehead atoms. The Morgan fingerprint density at radius 3 is 2.24 bits per heavy atom. The highest BCUT2D eigenvalue weighted by Gasteiger charge is 2.28. The smallest absolute Gasteiger partial charge is 0.269 e. The molecule has 0 aromatic heterocycles. The second-order valence-electron chi connectivity index (χ2n) is 4.61. The zero-order chi connectivity index (χ0) is 11.6. The van der Waals surface area contributed by atoms with E-state index in [1.807, 2.05) is 12.1 Å². The van der Waals surface area contributed by atoms with Gasteiger partial charge in [-0.1, -0.05) is 19.1 Å². The Kier molecular flexibility index (Phi) is 4.48. The average Bonchev–Trinajstić information content (AvgIpc) is 2.30. The van der Waals surface area contributed by atoms with Gasteiger partial charge < -0.3 is 5.32 Å². The molecule has 17 heavy (non-hydrogen) atoms. The number of halogens is 1. The molecule has 0 spiro atoms. The Bertz CT molecular complexity index is 386. The van der Waals surface area contributed by atoms with E-state index in [-0.39, 0.29) is 28.4 Å². The number of non-ortho nitro benzene ring substituents is 1. The van der Waals surface area contributed by atoms with Crippen molar-refractivity contribution in [2.75, 3.05) is 13.1 Å². The van der Waals surface area contributed by atoms with Crippen LogP contribution < -0.4 is 5.32 Å². The molecular formula is C12H17ClN2O2. The Morgan fingerprint density at radius 2 is 1.76 bits per heavy atom. The zero-order valence-corrected chi connectivity index (χ0v) is 10.6. The molecule has 0 aliphatic carbocycles. The van der Waals surface area contributed by atoms with Gasteiger partial charge in [0, 0.05) is 12.1 Å². The summed E-state index contributed by atoms with van der Waals surface area (Å²) in [5, 5.41) is 13.9.